The monoisotopic (exact) mass is 248 g/mol. The van der Waals surface area contributed by atoms with Crippen LogP contribution in [0.4, 0.5) is 8.78 Å². The van der Waals surface area contributed by atoms with Gasteiger partial charge in [0.2, 0.25) is 0 Å². The molecule has 0 saturated heterocycles. The zero-order valence-electron chi connectivity index (χ0n) is 7.91. The van der Waals surface area contributed by atoms with Gasteiger partial charge in [0.25, 0.3) is 0 Å². The number of halogens is 3. The Morgan fingerprint density at radius 1 is 1.31 bits per heavy atom. The van der Waals surface area contributed by atoms with Crippen LogP contribution in [0.15, 0.2) is 18.2 Å². The van der Waals surface area contributed by atoms with Gasteiger partial charge in [-0.1, -0.05) is 0 Å². The van der Waals surface area contributed by atoms with Crippen molar-refractivity contribution >= 4 is 23.4 Å². The Labute approximate surface area is 94.6 Å². The first-order valence-electron chi connectivity index (χ1n) is 4.27. The van der Waals surface area contributed by atoms with Gasteiger partial charge in [0.15, 0.2) is 17.4 Å². The molecule has 0 aliphatic carbocycles. The molecule has 86 valence electrons. The highest BCUT2D eigenvalue weighted by atomic mass is 35.5. The van der Waals surface area contributed by atoms with E-state index in [1.165, 1.54) is 0 Å². The van der Waals surface area contributed by atoms with Gasteiger partial charge in [-0.05, 0) is 18.2 Å². The summed E-state index contributed by atoms with van der Waals surface area (Å²) in [7, 11) is 0. The Hall–Kier alpha value is -1.49. The van der Waals surface area contributed by atoms with Crippen molar-refractivity contribution in [2.75, 3.05) is 0 Å². The molecule has 1 rings (SSSR count). The number of carboxylic acids is 1. The molecule has 0 fully saturated rings. The van der Waals surface area contributed by atoms with Crippen molar-refractivity contribution in [3.05, 3.63) is 35.4 Å². The maximum atomic E-state index is 12.8. The van der Waals surface area contributed by atoms with Gasteiger partial charge in [0, 0.05) is 12.0 Å². The van der Waals surface area contributed by atoms with Gasteiger partial charge in [-0.3, -0.25) is 9.59 Å². The van der Waals surface area contributed by atoms with Crippen LogP contribution in [-0.2, 0) is 4.79 Å². The van der Waals surface area contributed by atoms with E-state index < -0.39 is 35.2 Å². The highest BCUT2D eigenvalue weighted by molar-refractivity contribution is 6.31. The van der Waals surface area contributed by atoms with Crippen LogP contribution in [0.1, 0.15) is 16.8 Å². The van der Waals surface area contributed by atoms with Crippen molar-refractivity contribution in [3.63, 3.8) is 0 Å². The predicted molar refractivity (Wildman–Crippen MR) is 52.6 cm³/mol. The van der Waals surface area contributed by atoms with Crippen molar-refractivity contribution in [1.82, 2.24) is 0 Å². The normalized spacial score (nSPS) is 12.2. The van der Waals surface area contributed by atoms with Crippen molar-refractivity contribution in [1.29, 1.82) is 0 Å². The predicted octanol–water partition coefficient (Wildman–Crippen LogP) is 2.23. The average molecular weight is 249 g/mol. The lowest BCUT2D eigenvalue weighted by Crippen LogP contribution is -2.18. The minimum atomic E-state index is -1.37. The van der Waals surface area contributed by atoms with Gasteiger partial charge in [0.05, 0.1) is 0 Å². The first-order chi connectivity index (χ1) is 7.41. The topological polar surface area (TPSA) is 54.4 Å². The van der Waals surface area contributed by atoms with E-state index in [4.69, 9.17) is 16.7 Å². The lowest BCUT2D eigenvalue weighted by molar-refractivity contribution is -0.136. The second-order valence-electron chi connectivity index (χ2n) is 3.06. The average Bonchev–Trinajstić information content (AvgIpc) is 2.21. The van der Waals surface area contributed by atoms with Crippen LogP contribution in [0.25, 0.3) is 0 Å². The van der Waals surface area contributed by atoms with Crippen LogP contribution >= 0.6 is 11.6 Å². The van der Waals surface area contributed by atoms with Crippen molar-refractivity contribution in [3.8, 4) is 0 Å². The summed E-state index contributed by atoms with van der Waals surface area (Å²) >= 11 is 5.34. The van der Waals surface area contributed by atoms with Gasteiger partial charge in [-0.2, -0.15) is 0 Å². The molecule has 1 aromatic rings. The smallest absolute Gasteiger partial charge is 0.322 e. The van der Waals surface area contributed by atoms with E-state index in [9.17, 15) is 18.4 Å². The van der Waals surface area contributed by atoms with Crippen LogP contribution < -0.4 is 0 Å². The zero-order valence-corrected chi connectivity index (χ0v) is 8.67. The Kier molecular flexibility index (Phi) is 3.95. The van der Waals surface area contributed by atoms with E-state index in [1.54, 1.807) is 0 Å². The number of carbonyl (C=O) groups excluding carboxylic acids is 1. The van der Waals surface area contributed by atoms with E-state index in [0.29, 0.717) is 6.07 Å². The number of hydrogen-bond donors (Lipinski definition) is 1. The molecule has 3 nitrogen and oxygen atoms in total. The highest BCUT2D eigenvalue weighted by Crippen LogP contribution is 2.13. The lowest BCUT2D eigenvalue weighted by Gasteiger charge is -2.03. The Balaban J connectivity index is 2.81. The van der Waals surface area contributed by atoms with Gasteiger partial charge < -0.3 is 5.11 Å². The molecule has 0 aromatic heterocycles. The minimum absolute atomic E-state index is 0.106. The van der Waals surface area contributed by atoms with Crippen LogP contribution in [0.5, 0.6) is 0 Å². The number of benzene rings is 1. The number of hydrogen-bond acceptors (Lipinski definition) is 2. The van der Waals surface area contributed by atoms with Crippen LogP contribution in [0.2, 0.25) is 0 Å². The third-order valence-electron chi connectivity index (χ3n) is 1.87. The van der Waals surface area contributed by atoms with Gasteiger partial charge in [0.1, 0.15) is 5.38 Å². The SMILES string of the molecule is O=C(C[C@@H](Cl)C(=O)O)c1ccc(F)c(F)c1. The molecule has 1 N–H and O–H groups in total. The molecule has 16 heavy (non-hydrogen) atoms. The summed E-state index contributed by atoms with van der Waals surface area (Å²) in [5.41, 5.74) is -0.106. The number of carboxylic acid groups (broad SMARTS) is 1. The Morgan fingerprint density at radius 3 is 2.44 bits per heavy atom. The number of aliphatic carboxylic acids is 1. The van der Waals surface area contributed by atoms with E-state index in [0.717, 1.165) is 12.1 Å². The second-order valence-corrected chi connectivity index (χ2v) is 3.59. The molecule has 0 unspecified atom stereocenters. The highest BCUT2D eigenvalue weighted by Gasteiger charge is 2.19. The van der Waals surface area contributed by atoms with E-state index in [-0.39, 0.29) is 5.56 Å². The molecule has 0 spiro atoms. The summed E-state index contributed by atoms with van der Waals surface area (Å²) in [6.07, 6.45) is -0.470. The molecule has 0 aliphatic heterocycles. The number of ketones is 1. The number of rotatable bonds is 4. The molecule has 0 amide bonds. The molecule has 6 heteroatoms. The largest absolute Gasteiger partial charge is 0.480 e. The molecule has 0 aliphatic rings. The van der Waals surface area contributed by atoms with Gasteiger partial charge in [-0.25, -0.2) is 8.78 Å². The van der Waals surface area contributed by atoms with Gasteiger partial charge in [-0.15, -0.1) is 11.6 Å². The Bertz CT molecular complexity index is 434. The van der Waals surface area contributed by atoms with E-state index in [1.807, 2.05) is 0 Å². The fourth-order valence-electron chi connectivity index (χ4n) is 1.04. The van der Waals surface area contributed by atoms with E-state index in [2.05, 4.69) is 0 Å². The first kappa shape index (κ1) is 12.6. The zero-order chi connectivity index (χ0) is 12.3. The second kappa shape index (κ2) is 5.03. The molecule has 0 heterocycles. The van der Waals surface area contributed by atoms with Gasteiger partial charge >= 0.3 is 5.97 Å². The maximum Gasteiger partial charge on any atom is 0.322 e. The van der Waals surface area contributed by atoms with Crippen LogP contribution in [0, 0.1) is 11.6 Å². The molecule has 0 saturated carbocycles. The van der Waals surface area contributed by atoms with Crippen LogP contribution in [-0.4, -0.2) is 22.2 Å². The summed E-state index contributed by atoms with van der Waals surface area (Å²) in [5.74, 6) is -4.22. The lowest BCUT2D eigenvalue weighted by atomic mass is 10.1. The maximum absolute atomic E-state index is 12.8. The number of Topliss-reactive ketones (excluding diaryl/α,β-unsaturated/α-hetero) is 1. The summed E-state index contributed by atoms with van der Waals surface area (Å²) < 4.78 is 25.3. The quantitative estimate of drug-likeness (QED) is 0.657. The number of alkyl halides is 1. The Morgan fingerprint density at radius 2 is 1.94 bits per heavy atom. The first-order valence-corrected chi connectivity index (χ1v) is 4.70. The summed E-state index contributed by atoms with van der Waals surface area (Å²) in [5, 5.41) is 7.08. The van der Waals surface area contributed by atoms with E-state index >= 15 is 0 Å². The fourth-order valence-corrected chi connectivity index (χ4v) is 1.18. The summed E-state index contributed by atoms with van der Waals surface area (Å²) in [6.45, 7) is 0. The van der Waals surface area contributed by atoms with Crippen LogP contribution in [0.3, 0.4) is 0 Å². The third kappa shape index (κ3) is 3.00. The molecule has 0 bridgehead atoms. The summed E-state index contributed by atoms with van der Waals surface area (Å²) in [4.78, 5) is 21.8. The molecule has 1 atom stereocenters. The summed E-state index contributed by atoms with van der Waals surface area (Å²) in [6, 6.07) is 2.59. The molecule has 0 radical (unpaired) electrons. The van der Waals surface area contributed by atoms with Crippen molar-refractivity contribution < 1.29 is 23.5 Å². The number of carbonyl (C=O) groups is 2. The molecular formula is C10H7ClF2O3. The minimum Gasteiger partial charge on any atom is -0.480 e. The molecule has 1 aromatic carbocycles. The third-order valence-corrected chi connectivity index (χ3v) is 2.22. The van der Waals surface area contributed by atoms with Crippen molar-refractivity contribution in [2.45, 2.75) is 11.8 Å². The van der Waals surface area contributed by atoms with Crippen molar-refractivity contribution in [2.24, 2.45) is 0 Å². The molecular weight excluding hydrogens is 242 g/mol. The standard InChI is InChI=1S/C10H7ClF2O3/c11-6(10(15)16)4-9(14)5-1-2-7(12)8(13)3-5/h1-3,6H,4H2,(H,15,16)/t6-/m1/s1. The fraction of sp³-hybridized carbons (Fsp3) is 0.200.